The first-order valence-corrected chi connectivity index (χ1v) is 7.70. The van der Waals surface area contributed by atoms with Gasteiger partial charge in [-0.05, 0) is 12.1 Å². The topological polar surface area (TPSA) is 140 Å². The number of piperazine rings is 1. The van der Waals surface area contributed by atoms with Crippen molar-refractivity contribution in [2.45, 2.75) is 12.6 Å². The predicted molar refractivity (Wildman–Crippen MR) is 85.9 cm³/mol. The minimum Gasteiger partial charge on any atom is -0.467 e. The van der Waals surface area contributed by atoms with Crippen molar-refractivity contribution in [1.82, 2.24) is 25.5 Å². The van der Waals surface area contributed by atoms with Gasteiger partial charge in [-0.2, -0.15) is 0 Å². The summed E-state index contributed by atoms with van der Waals surface area (Å²) in [5, 5.41) is 5.76. The van der Waals surface area contributed by atoms with Gasteiger partial charge in [0.05, 0.1) is 12.8 Å². The van der Waals surface area contributed by atoms with Gasteiger partial charge in [0.2, 0.25) is 5.91 Å². The van der Waals surface area contributed by atoms with Gasteiger partial charge in [0.15, 0.2) is 0 Å². The molecule has 1 unspecified atom stereocenters. The molecule has 1 aliphatic heterocycles. The largest absolute Gasteiger partial charge is 0.467 e. The Morgan fingerprint density at radius 2 is 2.16 bits per heavy atom. The molecule has 0 aromatic carbocycles. The standard InChI is InChI=1S/C15H17N5O5/c21-12-6-10(18-15(24)19-12)14(23)20-4-3-16-8-11(20)13(22)17-7-9-2-1-5-25-9/h1-2,5-6,11,16H,3-4,7-8H2,(H,17,22)(H2,18,19,21,24). The molecule has 3 rings (SSSR count). The summed E-state index contributed by atoms with van der Waals surface area (Å²) in [7, 11) is 0. The summed E-state index contributed by atoms with van der Waals surface area (Å²) in [6, 6.07) is 3.68. The number of hydrogen-bond donors (Lipinski definition) is 4. The Bertz CT molecular complexity index is 841. The number of carbonyl (C=O) groups is 2. The number of furan rings is 1. The highest BCUT2D eigenvalue weighted by molar-refractivity contribution is 5.96. The first-order valence-electron chi connectivity index (χ1n) is 7.70. The van der Waals surface area contributed by atoms with E-state index in [0.717, 1.165) is 6.07 Å². The first-order chi connectivity index (χ1) is 12.0. The van der Waals surface area contributed by atoms with Crippen LogP contribution in [0.25, 0.3) is 0 Å². The molecule has 1 fully saturated rings. The van der Waals surface area contributed by atoms with E-state index in [9.17, 15) is 19.2 Å². The second-order valence-corrected chi connectivity index (χ2v) is 5.52. The molecule has 2 aromatic heterocycles. The number of amides is 2. The zero-order valence-electron chi connectivity index (χ0n) is 13.2. The molecule has 10 nitrogen and oxygen atoms in total. The Balaban J connectivity index is 1.75. The zero-order chi connectivity index (χ0) is 17.8. The normalized spacial score (nSPS) is 17.3. The molecule has 0 spiro atoms. The summed E-state index contributed by atoms with van der Waals surface area (Å²) >= 11 is 0. The number of carbonyl (C=O) groups excluding carboxylic acids is 2. The summed E-state index contributed by atoms with van der Waals surface area (Å²) in [5.74, 6) is -0.346. The zero-order valence-corrected chi connectivity index (χ0v) is 13.2. The highest BCUT2D eigenvalue weighted by atomic mass is 16.3. The van der Waals surface area contributed by atoms with Crippen molar-refractivity contribution in [3.63, 3.8) is 0 Å². The van der Waals surface area contributed by atoms with Crippen molar-refractivity contribution >= 4 is 11.8 Å². The number of nitrogens with one attached hydrogen (secondary N) is 4. The Morgan fingerprint density at radius 1 is 1.32 bits per heavy atom. The number of H-pyrrole nitrogens is 2. The van der Waals surface area contributed by atoms with E-state index >= 15 is 0 Å². The summed E-state index contributed by atoms with van der Waals surface area (Å²) in [5.41, 5.74) is -1.61. The first kappa shape index (κ1) is 16.7. The van der Waals surface area contributed by atoms with E-state index in [2.05, 4.69) is 15.6 Å². The fraction of sp³-hybridized carbons (Fsp3) is 0.333. The van der Waals surface area contributed by atoms with Crippen LogP contribution in [0.1, 0.15) is 16.2 Å². The van der Waals surface area contributed by atoms with Gasteiger partial charge >= 0.3 is 5.69 Å². The van der Waals surface area contributed by atoms with Crippen molar-refractivity contribution in [2.75, 3.05) is 19.6 Å². The molecule has 3 heterocycles. The third-order valence-corrected chi connectivity index (χ3v) is 3.81. The lowest BCUT2D eigenvalue weighted by molar-refractivity contribution is -0.126. The van der Waals surface area contributed by atoms with E-state index in [1.807, 2.05) is 4.98 Å². The fourth-order valence-electron chi connectivity index (χ4n) is 2.63. The van der Waals surface area contributed by atoms with Crippen LogP contribution in [0.15, 0.2) is 38.5 Å². The number of aromatic amines is 2. The van der Waals surface area contributed by atoms with Crippen LogP contribution in [-0.2, 0) is 11.3 Å². The Hall–Kier alpha value is -3.14. The molecule has 4 N–H and O–H groups in total. The van der Waals surface area contributed by atoms with Crippen molar-refractivity contribution in [3.8, 4) is 0 Å². The second-order valence-electron chi connectivity index (χ2n) is 5.52. The molecule has 2 aromatic rings. The highest BCUT2D eigenvalue weighted by Gasteiger charge is 2.33. The van der Waals surface area contributed by atoms with Crippen LogP contribution in [0.2, 0.25) is 0 Å². The molecule has 25 heavy (non-hydrogen) atoms. The third-order valence-electron chi connectivity index (χ3n) is 3.81. The molecule has 1 atom stereocenters. The van der Waals surface area contributed by atoms with Crippen LogP contribution in [0.4, 0.5) is 0 Å². The lowest BCUT2D eigenvalue weighted by atomic mass is 10.1. The summed E-state index contributed by atoms with van der Waals surface area (Å²) in [4.78, 5) is 53.5. The average Bonchev–Trinajstić information content (AvgIpc) is 3.11. The maximum absolute atomic E-state index is 12.6. The molecule has 0 aliphatic carbocycles. The van der Waals surface area contributed by atoms with Crippen LogP contribution in [0, 0.1) is 0 Å². The van der Waals surface area contributed by atoms with Gasteiger partial charge < -0.3 is 24.9 Å². The molecule has 0 bridgehead atoms. The van der Waals surface area contributed by atoms with Gasteiger partial charge in [0, 0.05) is 25.7 Å². The summed E-state index contributed by atoms with van der Waals surface area (Å²) < 4.78 is 5.15. The minimum atomic E-state index is -0.773. The van der Waals surface area contributed by atoms with E-state index in [1.54, 1.807) is 12.1 Å². The Kier molecular flexibility index (Phi) is 4.80. The van der Waals surface area contributed by atoms with Crippen LogP contribution in [-0.4, -0.2) is 52.4 Å². The number of nitrogens with zero attached hydrogens (tertiary/aromatic N) is 1. The SMILES string of the molecule is O=C(NCc1ccco1)C1CNCCN1C(=O)c1cc(=O)[nH]c(=O)[nH]1. The third kappa shape index (κ3) is 3.86. The summed E-state index contributed by atoms with van der Waals surface area (Å²) in [6.07, 6.45) is 1.50. The lowest BCUT2D eigenvalue weighted by Crippen LogP contribution is -2.59. The van der Waals surface area contributed by atoms with Crippen molar-refractivity contribution < 1.29 is 14.0 Å². The molecule has 10 heteroatoms. The monoisotopic (exact) mass is 347 g/mol. The van der Waals surface area contributed by atoms with E-state index < -0.39 is 23.2 Å². The average molecular weight is 347 g/mol. The Labute approximate surface area is 141 Å². The smallest absolute Gasteiger partial charge is 0.326 e. The molecule has 0 radical (unpaired) electrons. The predicted octanol–water partition coefficient (Wildman–Crippen LogP) is -1.61. The number of aromatic nitrogens is 2. The maximum atomic E-state index is 12.6. The van der Waals surface area contributed by atoms with Gasteiger partial charge in [0.1, 0.15) is 17.5 Å². The maximum Gasteiger partial charge on any atom is 0.326 e. The van der Waals surface area contributed by atoms with Crippen molar-refractivity contribution in [2.24, 2.45) is 0 Å². The Morgan fingerprint density at radius 3 is 2.88 bits per heavy atom. The quantitative estimate of drug-likeness (QED) is 0.524. The molecule has 1 aliphatic rings. The van der Waals surface area contributed by atoms with E-state index in [-0.39, 0.29) is 31.2 Å². The van der Waals surface area contributed by atoms with Gasteiger partial charge in [-0.3, -0.25) is 19.4 Å². The van der Waals surface area contributed by atoms with Crippen LogP contribution >= 0.6 is 0 Å². The molecule has 1 saturated heterocycles. The second kappa shape index (κ2) is 7.18. The minimum absolute atomic E-state index is 0.153. The molecule has 2 amide bonds. The van der Waals surface area contributed by atoms with E-state index in [1.165, 1.54) is 11.2 Å². The molecule has 132 valence electrons. The van der Waals surface area contributed by atoms with E-state index in [4.69, 9.17) is 4.42 Å². The van der Waals surface area contributed by atoms with Gasteiger partial charge in [0.25, 0.3) is 11.5 Å². The van der Waals surface area contributed by atoms with Crippen molar-refractivity contribution in [3.05, 3.63) is 56.8 Å². The van der Waals surface area contributed by atoms with Crippen LogP contribution in [0.5, 0.6) is 0 Å². The fourth-order valence-corrected chi connectivity index (χ4v) is 2.63. The highest BCUT2D eigenvalue weighted by Crippen LogP contribution is 2.09. The summed E-state index contributed by atoms with van der Waals surface area (Å²) in [6.45, 7) is 1.24. The van der Waals surface area contributed by atoms with Gasteiger partial charge in [-0.1, -0.05) is 0 Å². The molecule has 0 saturated carbocycles. The van der Waals surface area contributed by atoms with Crippen LogP contribution < -0.4 is 21.9 Å². The van der Waals surface area contributed by atoms with Gasteiger partial charge in [-0.25, -0.2) is 4.79 Å². The van der Waals surface area contributed by atoms with Gasteiger partial charge in [-0.15, -0.1) is 0 Å². The lowest BCUT2D eigenvalue weighted by Gasteiger charge is -2.34. The number of rotatable bonds is 4. The molecular formula is C15H17N5O5. The van der Waals surface area contributed by atoms with E-state index in [0.29, 0.717) is 12.3 Å². The number of hydrogen-bond acceptors (Lipinski definition) is 6. The van der Waals surface area contributed by atoms with Crippen LogP contribution in [0.3, 0.4) is 0 Å². The molecular weight excluding hydrogens is 330 g/mol. The van der Waals surface area contributed by atoms with Crippen molar-refractivity contribution in [1.29, 1.82) is 0 Å².